The number of anilines is 1. The van der Waals surface area contributed by atoms with Crippen LogP contribution in [0, 0.1) is 23.5 Å². The van der Waals surface area contributed by atoms with Gasteiger partial charge in [-0.1, -0.05) is 6.92 Å². The Balaban J connectivity index is 2.79. The van der Waals surface area contributed by atoms with Gasteiger partial charge >= 0.3 is 0 Å². The molecule has 108 valence electrons. The van der Waals surface area contributed by atoms with Gasteiger partial charge in [-0.05, 0) is 0 Å². The lowest BCUT2D eigenvalue weighted by molar-refractivity contribution is 0.411. The summed E-state index contributed by atoms with van der Waals surface area (Å²) in [7, 11) is -3.61. The molecule has 1 aromatic heterocycles. The Kier molecular flexibility index (Phi) is 5.06. The summed E-state index contributed by atoms with van der Waals surface area (Å²) in [6.07, 6.45) is 0. The van der Waals surface area contributed by atoms with Crippen LogP contribution in [0.15, 0.2) is 0 Å². The van der Waals surface area contributed by atoms with Crippen LogP contribution in [-0.4, -0.2) is 32.2 Å². The maximum atomic E-state index is 13.1. The second kappa shape index (κ2) is 6.15. The zero-order valence-electron chi connectivity index (χ0n) is 9.81. The minimum absolute atomic E-state index is 0.156. The molecule has 1 rings (SSSR count). The molecule has 0 spiro atoms. The third-order valence-corrected chi connectivity index (χ3v) is 3.50. The zero-order valence-corrected chi connectivity index (χ0v) is 10.6. The van der Waals surface area contributed by atoms with Crippen molar-refractivity contribution in [3.63, 3.8) is 0 Å². The Morgan fingerprint density at radius 1 is 1.11 bits per heavy atom. The van der Waals surface area contributed by atoms with E-state index >= 15 is 0 Å². The minimum atomic E-state index is -3.61. The van der Waals surface area contributed by atoms with Crippen LogP contribution < -0.4 is 10.0 Å². The highest BCUT2D eigenvalue weighted by Crippen LogP contribution is 2.21. The fraction of sp³-hybridized carbons (Fsp3) is 0.444. The quantitative estimate of drug-likeness (QED) is 0.607. The van der Waals surface area contributed by atoms with E-state index in [2.05, 4.69) is 9.71 Å². The first-order valence-corrected chi connectivity index (χ1v) is 6.85. The van der Waals surface area contributed by atoms with Crippen molar-refractivity contribution in [1.82, 2.24) is 9.71 Å². The predicted molar refractivity (Wildman–Crippen MR) is 60.0 cm³/mol. The smallest absolute Gasteiger partial charge is 0.253 e. The SMILES string of the molecule is CCNS(=O)(=O)CCNc1c(F)c(F)nc(F)c1F. The largest absolute Gasteiger partial charge is 0.379 e. The standard InChI is InChI=1S/C9H11F4N3O2S/c1-2-15-19(17,18)4-3-14-7-5(10)8(12)16-9(13)6(7)11/h15H,2-4H2,1H3,(H,14,16). The number of rotatable bonds is 6. The molecule has 0 aromatic carbocycles. The molecule has 0 bridgehead atoms. The number of sulfonamides is 1. The Labute approximate surface area is 107 Å². The second-order valence-electron chi connectivity index (χ2n) is 3.44. The van der Waals surface area contributed by atoms with Gasteiger partial charge in [0.05, 0.1) is 5.75 Å². The van der Waals surface area contributed by atoms with Crippen LogP contribution in [0.3, 0.4) is 0 Å². The third kappa shape index (κ3) is 4.03. The Morgan fingerprint density at radius 3 is 2.11 bits per heavy atom. The molecular weight excluding hydrogens is 290 g/mol. The number of nitrogens with one attached hydrogen (secondary N) is 2. The number of hydrogen-bond donors (Lipinski definition) is 2. The van der Waals surface area contributed by atoms with Gasteiger partial charge in [-0.2, -0.15) is 22.5 Å². The summed E-state index contributed by atoms with van der Waals surface area (Å²) in [5.41, 5.74) is -1.09. The van der Waals surface area contributed by atoms with E-state index in [1.807, 2.05) is 5.32 Å². The maximum Gasteiger partial charge on any atom is 0.253 e. The molecule has 0 aliphatic heterocycles. The van der Waals surface area contributed by atoms with Gasteiger partial charge in [-0.15, -0.1) is 0 Å². The molecular formula is C9H11F4N3O2S. The van der Waals surface area contributed by atoms with Crippen LogP contribution >= 0.6 is 0 Å². The molecule has 0 unspecified atom stereocenters. The topological polar surface area (TPSA) is 71.1 Å². The van der Waals surface area contributed by atoms with Gasteiger partial charge in [0, 0.05) is 13.1 Å². The van der Waals surface area contributed by atoms with Crippen LogP contribution in [0.25, 0.3) is 0 Å². The summed E-state index contributed by atoms with van der Waals surface area (Å²) in [5.74, 6) is -7.54. The lowest BCUT2D eigenvalue weighted by Gasteiger charge is -2.09. The Hall–Kier alpha value is -1.42. The molecule has 0 amide bonds. The summed E-state index contributed by atoms with van der Waals surface area (Å²) < 4.78 is 76.3. The zero-order chi connectivity index (χ0) is 14.6. The van der Waals surface area contributed by atoms with E-state index in [0.29, 0.717) is 0 Å². The van der Waals surface area contributed by atoms with Crippen molar-refractivity contribution >= 4 is 15.7 Å². The van der Waals surface area contributed by atoms with Crippen molar-refractivity contribution in [3.8, 4) is 0 Å². The summed E-state index contributed by atoms with van der Waals surface area (Å²) in [5, 5.41) is 1.99. The van der Waals surface area contributed by atoms with E-state index in [1.54, 1.807) is 6.92 Å². The normalized spacial score (nSPS) is 11.6. The van der Waals surface area contributed by atoms with Gasteiger partial charge in [-0.3, -0.25) is 0 Å². The average Bonchev–Trinajstić information content (AvgIpc) is 2.31. The first-order valence-electron chi connectivity index (χ1n) is 5.19. The molecule has 0 atom stereocenters. The molecule has 0 aliphatic carbocycles. The van der Waals surface area contributed by atoms with Gasteiger partial charge in [-0.25, -0.2) is 13.1 Å². The van der Waals surface area contributed by atoms with Crippen molar-refractivity contribution in [2.24, 2.45) is 0 Å². The fourth-order valence-corrected chi connectivity index (χ4v) is 2.20. The highest BCUT2D eigenvalue weighted by atomic mass is 32.2. The van der Waals surface area contributed by atoms with Crippen molar-refractivity contribution in [2.45, 2.75) is 6.92 Å². The van der Waals surface area contributed by atoms with Gasteiger partial charge in [0.1, 0.15) is 5.69 Å². The summed E-state index contributed by atoms with van der Waals surface area (Å²) in [6.45, 7) is 1.29. The van der Waals surface area contributed by atoms with Gasteiger partial charge in [0.2, 0.25) is 21.7 Å². The van der Waals surface area contributed by atoms with E-state index in [4.69, 9.17) is 0 Å². The molecule has 5 nitrogen and oxygen atoms in total. The molecule has 19 heavy (non-hydrogen) atoms. The average molecular weight is 301 g/mol. The van der Waals surface area contributed by atoms with Crippen molar-refractivity contribution in [2.75, 3.05) is 24.2 Å². The monoisotopic (exact) mass is 301 g/mol. The van der Waals surface area contributed by atoms with E-state index in [-0.39, 0.29) is 6.54 Å². The molecule has 1 aromatic rings. The van der Waals surface area contributed by atoms with Crippen LogP contribution in [0.2, 0.25) is 0 Å². The highest BCUT2D eigenvalue weighted by Gasteiger charge is 2.20. The number of halogens is 4. The first kappa shape index (κ1) is 15.6. The highest BCUT2D eigenvalue weighted by molar-refractivity contribution is 7.89. The molecule has 10 heteroatoms. The summed E-state index contributed by atoms with van der Waals surface area (Å²) in [6, 6.07) is 0. The predicted octanol–water partition coefficient (Wildman–Crippen LogP) is 0.989. The molecule has 1 heterocycles. The van der Waals surface area contributed by atoms with Crippen molar-refractivity contribution in [1.29, 1.82) is 0 Å². The third-order valence-electron chi connectivity index (χ3n) is 2.03. The lowest BCUT2D eigenvalue weighted by Crippen LogP contribution is -2.29. The van der Waals surface area contributed by atoms with Crippen LogP contribution in [-0.2, 0) is 10.0 Å². The lowest BCUT2D eigenvalue weighted by atomic mass is 10.3. The Bertz CT molecular complexity index is 539. The van der Waals surface area contributed by atoms with Crippen molar-refractivity contribution in [3.05, 3.63) is 23.5 Å². The number of aromatic nitrogens is 1. The number of pyridine rings is 1. The van der Waals surface area contributed by atoms with Crippen molar-refractivity contribution < 1.29 is 26.0 Å². The first-order chi connectivity index (χ1) is 8.78. The van der Waals surface area contributed by atoms with Gasteiger partial charge < -0.3 is 5.32 Å². The molecule has 0 saturated carbocycles. The fourth-order valence-electron chi connectivity index (χ4n) is 1.24. The van der Waals surface area contributed by atoms with E-state index in [0.717, 1.165) is 0 Å². The van der Waals surface area contributed by atoms with Gasteiger partial charge in [0.15, 0.2) is 0 Å². The number of nitrogens with zero attached hydrogens (tertiary/aromatic N) is 1. The van der Waals surface area contributed by atoms with Crippen LogP contribution in [0.1, 0.15) is 6.92 Å². The summed E-state index contributed by atoms with van der Waals surface area (Å²) >= 11 is 0. The molecule has 0 saturated heterocycles. The van der Waals surface area contributed by atoms with Crippen LogP contribution in [0.4, 0.5) is 23.2 Å². The van der Waals surface area contributed by atoms with Gasteiger partial charge in [0.25, 0.3) is 11.9 Å². The summed E-state index contributed by atoms with van der Waals surface area (Å²) in [4.78, 5) is 2.37. The maximum absolute atomic E-state index is 13.1. The van der Waals surface area contributed by atoms with Crippen LogP contribution in [0.5, 0.6) is 0 Å². The second-order valence-corrected chi connectivity index (χ2v) is 5.37. The molecule has 0 radical (unpaired) electrons. The van der Waals surface area contributed by atoms with E-state index in [9.17, 15) is 26.0 Å². The molecule has 2 N–H and O–H groups in total. The van der Waals surface area contributed by atoms with E-state index < -0.39 is 51.5 Å². The Morgan fingerprint density at radius 2 is 1.63 bits per heavy atom. The number of hydrogen-bond acceptors (Lipinski definition) is 4. The van der Waals surface area contributed by atoms with E-state index in [1.165, 1.54) is 0 Å². The molecule has 0 fully saturated rings. The minimum Gasteiger partial charge on any atom is -0.379 e. The molecule has 0 aliphatic rings.